The minimum Gasteiger partial charge on any atom is -0.449 e. The van der Waals surface area contributed by atoms with Crippen molar-refractivity contribution in [3.8, 4) is 0 Å². The van der Waals surface area contributed by atoms with Gasteiger partial charge in [0.2, 0.25) is 10.0 Å². The number of esters is 1. The van der Waals surface area contributed by atoms with E-state index in [1.165, 1.54) is 42.5 Å². The van der Waals surface area contributed by atoms with Crippen molar-refractivity contribution in [2.75, 3.05) is 5.32 Å². The van der Waals surface area contributed by atoms with Crippen LogP contribution in [-0.2, 0) is 19.6 Å². The van der Waals surface area contributed by atoms with E-state index >= 15 is 0 Å². The summed E-state index contributed by atoms with van der Waals surface area (Å²) < 4.78 is 27.6. The summed E-state index contributed by atoms with van der Waals surface area (Å²) in [4.78, 5) is 26.0. The third kappa shape index (κ3) is 4.88. The minimum absolute atomic E-state index is 0.0618. The Hall–Kier alpha value is -2.23. The Bertz CT molecular complexity index is 901. The zero-order chi connectivity index (χ0) is 18.8. The van der Waals surface area contributed by atoms with Crippen molar-refractivity contribution in [3.05, 3.63) is 45.6 Å². The maximum absolute atomic E-state index is 12.1. The lowest BCUT2D eigenvalue weighted by atomic mass is 10.2. The van der Waals surface area contributed by atoms with Crippen molar-refractivity contribution in [2.45, 2.75) is 31.8 Å². The Morgan fingerprint density at radius 1 is 1.20 bits per heavy atom. The number of amides is 1. The predicted octanol–water partition coefficient (Wildman–Crippen LogP) is 2.20. The van der Waals surface area contributed by atoms with Gasteiger partial charge in [-0.3, -0.25) is 4.79 Å². The van der Waals surface area contributed by atoms with Gasteiger partial charge in [-0.25, -0.2) is 18.4 Å². The standard InChI is InChI=1S/C16H18N2O5S2/c1-9-8-14(11(3)24-9)16(20)23-10(2)15(19)18-12-4-6-13(7-5-12)25(17,21)22/h4-8,10H,1-3H3,(H,18,19)(H2,17,21,22). The fraction of sp³-hybridized carbons (Fsp3) is 0.250. The van der Waals surface area contributed by atoms with Gasteiger partial charge in [0.15, 0.2) is 6.10 Å². The number of aryl methyl sites for hydroxylation is 2. The molecule has 1 amide bonds. The molecule has 1 atom stereocenters. The molecule has 0 aliphatic carbocycles. The molecule has 0 aliphatic rings. The van der Waals surface area contributed by atoms with Gasteiger partial charge in [0, 0.05) is 15.4 Å². The molecule has 0 saturated heterocycles. The monoisotopic (exact) mass is 382 g/mol. The smallest absolute Gasteiger partial charge is 0.340 e. The Balaban J connectivity index is 2.00. The van der Waals surface area contributed by atoms with Crippen molar-refractivity contribution in [2.24, 2.45) is 5.14 Å². The van der Waals surface area contributed by atoms with Crippen LogP contribution >= 0.6 is 11.3 Å². The molecule has 1 aromatic heterocycles. The average Bonchev–Trinajstić information content (AvgIpc) is 2.85. The van der Waals surface area contributed by atoms with Gasteiger partial charge < -0.3 is 10.1 Å². The second-order valence-electron chi connectivity index (χ2n) is 5.43. The third-order valence-corrected chi connectivity index (χ3v) is 5.26. The highest BCUT2D eigenvalue weighted by Gasteiger charge is 2.21. The van der Waals surface area contributed by atoms with Crippen molar-refractivity contribution >= 4 is 38.9 Å². The Labute approximate surface area is 149 Å². The van der Waals surface area contributed by atoms with Gasteiger partial charge in [-0.2, -0.15) is 0 Å². The summed E-state index contributed by atoms with van der Waals surface area (Å²) in [6.45, 7) is 5.16. The Morgan fingerprint density at radius 2 is 1.80 bits per heavy atom. The van der Waals surface area contributed by atoms with Gasteiger partial charge >= 0.3 is 5.97 Å². The number of nitrogens with one attached hydrogen (secondary N) is 1. The van der Waals surface area contributed by atoms with Crippen LogP contribution in [0.2, 0.25) is 0 Å². The lowest BCUT2D eigenvalue weighted by Gasteiger charge is -2.13. The highest BCUT2D eigenvalue weighted by molar-refractivity contribution is 7.89. The molecule has 1 heterocycles. The van der Waals surface area contributed by atoms with E-state index in [1.54, 1.807) is 6.07 Å². The molecule has 1 unspecified atom stereocenters. The molecular weight excluding hydrogens is 364 g/mol. The molecule has 1 aromatic carbocycles. The maximum Gasteiger partial charge on any atom is 0.340 e. The van der Waals surface area contributed by atoms with Crippen LogP contribution in [0, 0.1) is 13.8 Å². The summed E-state index contributed by atoms with van der Waals surface area (Å²) in [5, 5.41) is 7.56. The molecule has 134 valence electrons. The van der Waals surface area contributed by atoms with Crippen LogP contribution in [0.15, 0.2) is 35.2 Å². The van der Waals surface area contributed by atoms with E-state index in [4.69, 9.17) is 9.88 Å². The van der Waals surface area contributed by atoms with Crippen LogP contribution in [0.4, 0.5) is 5.69 Å². The Kier molecular flexibility index (Phi) is 5.61. The van der Waals surface area contributed by atoms with Crippen LogP contribution in [0.5, 0.6) is 0 Å². The zero-order valence-corrected chi connectivity index (χ0v) is 15.5. The van der Waals surface area contributed by atoms with E-state index in [1.807, 2.05) is 13.8 Å². The van der Waals surface area contributed by atoms with Crippen molar-refractivity contribution in [3.63, 3.8) is 0 Å². The molecule has 0 bridgehead atoms. The molecule has 0 spiro atoms. The van der Waals surface area contributed by atoms with Crippen LogP contribution in [0.25, 0.3) is 0 Å². The lowest BCUT2D eigenvalue weighted by molar-refractivity contribution is -0.123. The summed E-state index contributed by atoms with van der Waals surface area (Å²) in [7, 11) is -3.79. The van der Waals surface area contributed by atoms with Gasteiger partial charge in [-0.15, -0.1) is 11.3 Å². The van der Waals surface area contributed by atoms with Crippen molar-refractivity contribution in [1.82, 2.24) is 0 Å². The summed E-state index contributed by atoms with van der Waals surface area (Å²) in [5.41, 5.74) is 0.808. The molecule has 7 nitrogen and oxygen atoms in total. The quantitative estimate of drug-likeness (QED) is 0.769. The molecule has 2 rings (SSSR count). The van der Waals surface area contributed by atoms with Gasteiger partial charge in [-0.05, 0) is 51.1 Å². The van der Waals surface area contributed by atoms with Crippen molar-refractivity contribution < 1.29 is 22.7 Å². The van der Waals surface area contributed by atoms with Gasteiger partial charge in [0.05, 0.1) is 10.5 Å². The SMILES string of the molecule is Cc1cc(C(=O)OC(C)C(=O)Nc2ccc(S(N)(=O)=O)cc2)c(C)s1. The van der Waals surface area contributed by atoms with Crippen molar-refractivity contribution in [1.29, 1.82) is 0 Å². The van der Waals surface area contributed by atoms with E-state index in [0.717, 1.165) is 9.75 Å². The summed E-state index contributed by atoms with van der Waals surface area (Å²) in [6.07, 6.45) is -1.01. The van der Waals surface area contributed by atoms with Gasteiger partial charge in [0.1, 0.15) is 0 Å². The topological polar surface area (TPSA) is 116 Å². The molecule has 25 heavy (non-hydrogen) atoms. The number of anilines is 1. The second kappa shape index (κ2) is 7.34. The molecule has 3 N–H and O–H groups in total. The number of rotatable bonds is 5. The number of carbonyl (C=O) groups is 2. The average molecular weight is 382 g/mol. The number of benzene rings is 1. The molecule has 0 radical (unpaired) electrons. The first-order chi connectivity index (χ1) is 11.6. The molecular formula is C16H18N2O5S2. The van der Waals surface area contributed by atoms with E-state index in [-0.39, 0.29) is 4.90 Å². The largest absolute Gasteiger partial charge is 0.449 e. The zero-order valence-electron chi connectivity index (χ0n) is 13.9. The highest BCUT2D eigenvalue weighted by Crippen LogP contribution is 2.22. The van der Waals surface area contributed by atoms with E-state index in [9.17, 15) is 18.0 Å². The fourth-order valence-corrected chi connectivity index (χ4v) is 3.51. The number of thiophene rings is 1. The van der Waals surface area contributed by atoms with Gasteiger partial charge in [0.25, 0.3) is 5.91 Å². The molecule has 0 fully saturated rings. The molecule has 0 aliphatic heterocycles. The lowest BCUT2D eigenvalue weighted by Crippen LogP contribution is -2.30. The molecule has 0 saturated carbocycles. The first kappa shape index (κ1) is 19.1. The number of nitrogens with two attached hydrogens (primary N) is 1. The van der Waals surface area contributed by atoms with Crippen LogP contribution in [0.3, 0.4) is 0 Å². The number of hydrogen-bond donors (Lipinski definition) is 2. The van der Waals surface area contributed by atoms with E-state index in [2.05, 4.69) is 5.32 Å². The predicted molar refractivity (Wildman–Crippen MR) is 95.1 cm³/mol. The van der Waals surface area contributed by atoms with Crippen LogP contribution in [-0.4, -0.2) is 26.4 Å². The highest BCUT2D eigenvalue weighted by atomic mass is 32.2. The first-order valence-electron chi connectivity index (χ1n) is 7.29. The van der Waals surface area contributed by atoms with Crippen LogP contribution in [0.1, 0.15) is 27.0 Å². The first-order valence-corrected chi connectivity index (χ1v) is 9.66. The number of hydrogen-bond acceptors (Lipinski definition) is 6. The summed E-state index contributed by atoms with van der Waals surface area (Å²) >= 11 is 1.48. The number of ether oxygens (including phenoxy) is 1. The fourth-order valence-electron chi connectivity index (χ4n) is 2.08. The van der Waals surface area contributed by atoms with Gasteiger partial charge in [-0.1, -0.05) is 0 Å². The number of carbonyl (C=O) groups excluding carboxylic acids is 2. The molecule has 9 heteroatoms. The second-order valence-corrected chi connectivity index (χ2v) is 8.45. The number of sulfonamides is 1. The van der Waals surface area contributed by atoms with E-state index < -0.39 is 28.0 Å². The van der Waals surface area contributed by atoms with Crippen LogP contribution < -0.4 is 10.5 Å². The summed E-state index contributed by atoms with van der Waals surface area (Å²) in [5.74, 6) is -1.09. The maximum atomic E-state index is 12.1. The summed E-state index contributed by atoms with van der Waals surface area (Å²) in [6, 6.07) is 7.08. The normalized spacial score (nSPS) is 12.5. The third-order valence-electron chi connectivity index (χ3n) is 3.36. The van der Waals surface area contributed by atoms with E-state index in [0.29, 0.717) is 11.3 Å². The minimum atomic E-state index is -3.79. The molecule has 2 aromatic rings. The number of primary sulfonamides is 1. The Morgan fingerprint density at radius 3 is 2.28 bits per heavy atom.